The normalized spacial score (nSPS) is 12.1. The predicted octanol–water partition coefficient (Wildman–Crippen LogP) is 4.73. The number of hydrogen-bond donors (Lipinski definition) is 1. The first-order chi connectivity index (χ1) is 14.7. The van der Waals surface area contributed by atoms with E-state index >= 15 is 0 Å². The van der Waals surface area contributed by atoms with Crippen LogP contribution in [0.5, 0.6) is 23.0 Å². The van der Waals surface area contributed by atoms with Crippen LogP contribution in [0.3, 0.4) is 0 Å². The lowest BCUT2D eigenvalue weighted by Crippen LogP contribution is -2.13. The van der Waals surface area contributed by atoms with E-state index in [1.165, 1.54) is 0 Å². The van der Waals surface area contributed by atoms with Crippen molar-refractivity contribution in [1.82, 2.24) is 10.3 Å². The molecule has 0 amide bonds. The average Bonchev–Trinajstić information content (AvgIpc) is 3.22. The van der Waals surface area contributed by atoms with Gasteiger partial charge in [-0.25, -0.2) is 4.98 Å². The molecule has 156 valence electrons. The van der Waals surface area contributed by atoms with E-state index in [1.807, 2.05) is 49.4 Å². The summed E-state index contributed by atoms with van der Waals surface area (Å²) in [5.74, 6) is 3.02. The van der Waals surface area contributed by atoms with Gasteiger partial charge in [0.2, 0.25) is 6.79 Å². The fourth-order valence-electron chi connectivity index (χ4n) is 3.10. The first kappa shape index (κ1) is 20.3. The Balaban J connectivity index is 1.35. The van der Waals surface area contributed by atoms with Crippen molar-refractivity contribution in [2.45, 2.75) is 26.6 Å². The molecule has 0 atom stereocenters. The van der Waals surface area contributed by atoms with Gasteiger partial charge in [-0.05, 0) is 48.4 Å². The summed E-state index contributed by atoms with van der Waals surface area (Å²) in [6.07, 6.45) is 1.71. The summed E-state index contributed by atoms with van der Waals surface area (Å²) in [7, 11) is 0. The first-order valence-electron chi connectivity index (χ1n) is 9.79. The molecule has 0 radical (unpaired) electrons. The van der Waals surface area contributed by atoms with E-state index in [2.05, 4.69) is 10.3 Å². The van der Waals surface area contributed by atoms with Crippen molar-refractivity contribution in [3.05, 3.63) is 76.6 Å². The van der Waals surface area contributed by atoms with E-state index < -0.39 is 0 Å². The van der Waals surface area contributed by atoms with Gasteiger partial charge < -0.3 is 24.3 Å². The van der Waals surface area contributed by atoms with Gasteiger partial charge in [-0.1, -0.05) is 29.8 Å². The molecule has 2 heterocycles. The van der Waals surface area contributed by atoms with Gasteiger partial charge in [0.1, 0.15) is 11.8 Å². The number of benzene rings is 2. The van der Waals surface area contributed by atoms with Crippen LogP contribution in [-0.4, -0.2) is 18.4 Å². The third-order valence-corrected chi connectivity index (χ3v) is 4.81. The van der Waals surface area contributed by atoms with Crippen LogP contribution >= 0.6 is 11.6 Å². The smallest absolute Gasteiger partial charge is 0.231 e. The van der Waals surface area contributed by atoms with Crippen molar-refractivity contribution in [1.29, 1.82) is 0 Å². The van der Waals surface area contributed by atoms with Gasteiger partial charge in [-0.2, -0.15) is 0 Å². The molecule has 0 spiro atoms. The fourth-order valence-corrected chi connectivity index (χ4v) is 3.22. The molecular weight excluding hydrogens is 404 g/mol. The Morgan fingerprint density at radius 2 is 1.67 bits per heavy atom. The summed E-state index contributed by atoms with van der Waals surface area (Å²) in [5, 5.41) is 3.91. The maximum atomic E-state index is 5.93. The molecule has 0 aliphatic carbocycles. The van der Waals surface area contributed by atoms with Gasteiger partial charge in [0, 0.05) is 24.8 Å². The summed E-state index contributed by atoms with van der Waals surface area (Å²) in [5.41, 5.74) is 3.19. The van der Waals surface area contributed by atoms with Gasteiger partial charge in [-0.15, -0.1) is 0 Å². The molecule has 1 aliphatic heterocycles. The number of ether oxygens (including phenoxy) is 4. The van der Waals surface area contributed by atoms with Crippen molar-refractivity contribution >= 4 is 11.6 Å². The van der Waals surface area contributed by atoms with Crippen LogP contribution in [0, 0.1) is 0 Å². The lowest BCUT2D eigenvalue weighted by molar-refractivity contribution is 0.174. The second-order valence-electron chi connectivity index (χ2n) is 6.78. The Labute approximate surface area is 180 Å². The van der Waals surface area contributed by atoms with E-state index in [4.69, 9.17) is 30.5 Å². The largest absolute Gasteiger partial charge is 0.490 e. The molecule has 6 nitrogen and oxygen atoms in total. The molecule has 4 rings (SSSR count). The molecule has 1 aliphatic rings. The maximum Gasteiger partial charge on any atom is 0.231 e. The van der Waals surface area contributed by atoms with E-state index in [0.29, 0.717) is 30.7 Å². The molecule has 1 aromatic heterocycles. The van der Waals surface area contributed by atoms with Crippen molar-refractivity contribution in [3.63, 3.8) is 0 Å². The first-order valence-corrected chi connectivity index (χ1v) is 10.2. The number of nitrogens with one attached hydrogen (secondary N) is 1. The summed E-state index contributed by atoms with van der Waals surface area (Å²) >= 11 is 5.83. The summed E-state index contributed by atoms with van der Waals surface area (Å²) in [6, 6.07) is 15.6. The number of aromatic nitrogens is 1. The number of pyridine rings is 1. The third kappa shape index (κ3) is 5.14. The zero-order valence-corrected chi connectivity index (χ0v) is 17.4. The quantitative estimate of drug-likeness (QED) is 0.499. The highest BCUT2D eigenvalue weighted by Gasteiger charge is 2.13. The Morgan fingerprint density at radius 3 is 2.47 bits per heavy atom. The topological polar surface area (TPSA) is 61.8 Å². The van der Waals surface area contributed by atoms with E-state index in [1.54, 1.807) is 12.3 Å². The zero-order chi connectivity index (χ0) is 20.8. The molecule has 0 saturated heterocycles. The molecule has 0 saturated carbocycles. The van der Waals surface area contributed by atoms with E-state index in [-0.39, 0.29) is 6.79 Å². The van der Waals surface area contributed by atoms with Crippen molar-refractivity contribution in [3.8, 4) is 23.0 Å². The number of nitrogens with zero attached hydrogens (tertiary/aromatic N) is 1. The molecule has 2 aromatic carbocycles. The van der Waals surface area contributed by atoms with Crippen molar-refractivity contribution in [2.75, 3.05) is 13.4 Å². The molecule has 0 fully saturated rings. The third-order valence-electron chi connectivity index (χ3n) is 4.59. The minimum atomic E-state index is 0.287. The Hall–Kier alpha value is -2.96. The van der Waals surface area contributed by atoms with Gasteiger partial charge >= 0.3 is 0 Å². The van der Waals surface area contributed by atoms with Gasteiger partial charge in [0.05, 0.1) is 6.61 Å². The summed E-state index contributed by atoms with van der Waals surface area (Å²) < 4.78 is 22.5. The van der Waals surface area contributed by atoms with Crippen molar-refractivity contribution in [2.24, 2.45) is 0 Å². The lowest BCUT2D eigenvalue weighted by atomic mass is 10.1. The van der Waals surface area contributed by atoms with Crippen LogP contribution in [0.2, 0.25) is 5.15 Å². The number of fused-ring (bicyclic) bond motifs is 1. The molecule has 1 N–H and O–H groups in total. The zero-order valence-electron chi connectivity index (χ0n) is 16.7. The van der Waals surface area contributed by atoms with Crippen LogP contribution in [0.25, 0.3) is 0 Å². The van der Waals surface area contributed by atoms with Crippen LogP contribution in [0.4, 0.5) is 0 Å². The van der Waals surface area contributed by atoms with Crippen LogP contribution in [-0.2, 0) is 19.7 Å². The molecule has 3 aromatic rings. The number of hydrogen-bond acceptors (Lipinski definition) is 6. The summed E-state index contributed by atoms with van der Waals surface area (Å²) in [6.45, 7) is 4.63. The molecule has 7 heteroatoms. The highest BCUT2D eigenvalue weighted by Crippen LogP contribution is 2.32. The van der Waals surface area contributed by atoms with Gasteiger partial charge in [0.15, 0.2) is 23.0 Å². The minimum absolute atomic E-state index is 0.287. The molecule has 0 unspecified atom stereocenters. The second kappa shape index (κ2) is 9.69. The SMILES string of the molecule is CCOc1cc(CNCc2ccc3c(c2)OCO3)ccc1OCc1ccc(Cl)nc1. The monoisotopic (exact) mass is 426 g/mol. The number of halogens is 1. The predicted molar refractivity (Wildman–Crippen MR) is 114 cm³/mol. The standard InChI is InChI=1S/C23H23ClN2O4/c1-2-27-21-9-16(3-6-19(21)28-14-18-5-8-23(24)26-13-18)11-25-12-17-4-7-20-22(10-17)30-15-29-20/h3-10,13,25H,2,11-12,14-15H2,1H3. The maximum absolute atomic E-state index is 5.93. The van der Waals surface area contributed by atoms with Crippen LogP contribution < -0.4 is 24.3 Å². The lowest BCUT2D eigenvalue weighted by Gasteiger charge is -2.14. The Kier molecular flexibility index (Phi) is 6.57. The number of rotatable bonds is 9. The Bertz CT molecular complexity index is 995. The van der Waals surface area contributed by atoms with Crippen LogP contribution in [0.1, 0.15) is 23.6 Å². The van der Waals surface area contributed by atoms with Gasteiger partial charge in [0.25, 0.3) is 0 Å². The average molecular weight is 427 g/mol. The summed E-state index contributed by atoms with van der Waals surface area (Å²) in [4.78, 5) is 4.07. The molecule has 0 bridgehead atoms. The van der Waals surface area contributed by atoms with Crippen molar-refractivity contribution < 1.29 is 18.9 Å². The molecular formula is C23H23ClN2O4. The van der Waals surface area contributed by atoms with E-state index in [9.17, 15) is 0 Å². The molecule has 30 heavy (non-hydrogen) atoms. The van der Waals surface area contributed by atoms with E-state index in [0.717, 1.165) is 40.5 Å². The van der Waals surface area contributed by atoms with Crippen LogP contribution in [0.15, 0.2) is 54.7 Å². The highest BCUT2D eigenvalue weighted by molar-refractivity contribution is 6.29. The Morgan fingerprint density at radius 1 is 0.900 bits per heavy atom. The van der Waals surface area contributed by atoms with Gasteiger partial charge in [-0.3, -0.25) is 0 Å². The minimum Gasteiger partial charge on any atom is -0.490 e. The second-order valence-corrected chi connectivity index (χ2v) is 7.17. The highest BCUT2D eigenvalue weighted by atomic mass is 35.5. The fraction of sp³-hybridized carbons (Fsp3) is 0.261.